The van der Waals surface area contributed by atoms with Gasteiger partial charge in [-0.05, 0) is 25.7 Å². The number of nitrogens with zero attached hydrogens (tertiary/aromatic N) is 1. The number of imide groups is 1. The van der Waals surface area contributed by atoms with Crippen molar-refractivity contribution in [3.8, 4) is 0 Å². The SMILES string of the molecule is O=C1CCCCN1C(=O)C1CCCC1. The summed E-state index contributed by atoms with van der Waals surface area (Å²) in [5.74, 6) is 0.303. The fourth-order valence-corrected chi connectivity index (χ4v) is 2.43. The summed E-state index contributed by atoms with van der Waals surface area (Å²) in [4.78, 5) is 24.9. The van der Waals surface area contributed by atoms with E-state index in [1.165, 1.54) is 4.90 Å². The normalized spacial score (nSPS) is 24.3. The molecule has 1 aliphatic carbocycles. The number of piperidine rings is 1. The van der Waals surface area contributed by atoms with E-state index in [4.69, 9.17) is 0 Å². The van der Waals surface area contributed by atoms with Crippen molar-refractivity contribution in [2.45, 2.75) is 44.9 Å². The van der Waals surface area contributed by atoms with Gasteiger partial charge in [-0.1, -0.05) is 12.8 Å². The summed E-state index contributed by atoms with van der Waals surface area (Å²) in [6, 6.07) is 0. The van der Waals surface area contributed by atoms with Gasteiger partial charge in [-0.25, -0.2) is 0 Å². The first kappa shape index (κ1) is 9.69. The molecule has 78 valence electrons. The van der Waals surface area contributed by atoms with Gasteiger partial charge >= 0.3 is 0 Å². The summed E-state index contributed by atoms with van der Waals surface area (Å²) in [5, 5.41) is 0. The minimum atomic E-state index is 0.0492. The van der Waals surface area contributed by atoms with Gasteiger partial charge in [0, 0.05) is 18.9 Å². The van der Waals surface area contributed by atoms with Crippen molar-refractivity contribution in [2.24, 2.45) is 5.92 Å². The summed E-state index contributed by atoms with van der Waals surface area (Å²) in [7, 11) is 0. The van der Waals surface area contributed by atoms with E-state index in [0.717, 1.165) is 38.5 Å². The lowest BCUT2D eigenvalue weighted by Gasteiger charge is -2.27. The number of carbonyl (C=O) groups is 2. The molecule has 0 bridgehead atoms. The van der Waals surface area contributed by atoms with Crippen LogP contribution in [0.1, 0.15) is 44.9 Å². The molecule has 0 aromatic heterocycles. The molecular weight excluding hydrogens is 178 g/mol. The monoisotopic (exact) mass is 195 g/mol. The van der Waals surface area contributed by atoms with Gasteiger partial charge in [-0.2, -0.15) is 0 Å². The topological polar surface area (TPSA) is 37.4 Å². The Hall–Kier alpha value is -0.860. The zero-order chi connectivity index (χ0) is 9.97. The molecule has 1 saturated carbocycles. The highest BCUT2D eigenvalue weighted by molar-refractivity contribution is 5.96. The first-order valence-electron chi connectivity index (χ1n) is 5.63. The first-order chi connectivity index (χ1) is 6.79. The lowest BCUT2D eigenvalue weighted by molar-refractivity contribution is -0.149. The average molecular weight is 195 g/mol. The predicted octanol–water partition coefficient (Wildman–Crippen LogP) is 1.72. The molecule has 0 radical (unpaired) electrons. The molecule has 14 heavy (non-hydrogen) atoms. The van der Waals surface area contributed by atoms with E-state index >= 15 is 0 Å². The Morgan fingerprint density at radius 3 is 2.50 bits per heavy atom. The van der Waals surface area contributed by atoms with E-state index in [2.05, 4.69) is 0 Å². The molecule has 1 saturated heterocycles. The van der Waals surface area contributed by atoms with Gasteiger partial charge < -0.3 is 0 Å². The van der Waals surface area contributed by atoms with Gasteiger partial charge in [0.1, 0.15) is 0 Å². The third-order valence-corrected chi connectivity index (χ3v) is 3.29. The number of hydrogen-bond acceptors (Lipinski definition) is 2. The highest BCUT2D eigenvalue weighted by Gasteiger charge is 2.31. The maximum atomic E-state index is 11.9. The van der Waals surface area contributed by atoms with Crippen LogP contribution in [0.4, 0.5) is 0 Å². The van der Waals surface area contributed by atoms with Gasteiger partial charge in [0.25, 0.3) is 0 Å². The molecule has 1 heterocycles. The second kappa shape index (κ2) is 4.11. The average Bonchev–Trinajstić information content (AvgIpc) is 2.70. The van der Waals surface area contributed by atoms with Gasteiger partial charge in [0.2, 0.25) is 11.8 Å². The lowest BCUT2D eigenvalue weighted by atomic mass is 10.0. The Balaban J connectivity index is 1.98. The van der Waals surface area contributed by atoms with Crippen LogP contribution in [0, 0.1) is 5.92 Å². The third-order valence-electron chi connectivity index (χ3n) is 3.29. The largest absolute Gasteiger partial charge is 0.282 e. The maximum absolute atomic E-state index is 11.9. The number of amides is 2. The van der Waals surface area contributed by atoms with Crippen LogP contribution in [0.25, 0.3) is 0 Å². The highest BCUT2D eigenvalue weighted by atomic mass is 16.2. The quantitative estimate of drug-likeness (QED) is 0.597. The Morgan fingerprint density at radius 1 is 1.14 bits per heavy atom. The second-order valence-corrected chi connectivity index (χ2v) is 4.32. The summed E-state index contributed by atoms with van der Waals surface area (Å²) in [5.41, 5.74) is 0. The third kappa shape index (κ3) is 1.81. The van der Waals surface area contributed by atoms with Crippen molar-refractivity contribution in [1.82, 2.24) is 4.90 Å². The minimum absolute atomic E-state index is 0.0492. The van der Waals surface area contributed by atoms with E-state index < -0.39 is 0 Å². The number of rotatable bonds is 1. The van der Waals surface area contributed by atoms with Crippen molar-refractivity contribution in [1.29, 1.82) is 0 Å². The number of likely N-dealkylation sites (tertiary alicyclic amines) is 1. The van der Waals surface area contributed by atoms with Crippen LogP contribution in [-0.2, 0) is 9.59 Å². The van der Waals surface area contributed by atoms with E-state index in [-0.39, 0.29) is 17.7 Å². The molecule has 2 rings (SSSR count). The fourth-order valence-electron chi connectivity index (χ4n) is 2.43. The van der Waals surface area contributed by atoms with Crippen LogP contribution in [0.2, 0.25) is 0 Å². The van der Waals surface area contributed by atoms with E-state index in [0.29, 0.717) is 13.0 Å². The predicted molar refractivity (Wildman–Crippen MR) is 52.5 cm³/mol. The van der Waals surface area contributed by atoms with Crippen LogP contribution in [-0.4, -0.2) is 23.3 Å². The Bertz CT molecular complexity index is 244. The molecule has 1 aliphatic heterocycles. The lowest BCUT2D eigenvalue weighted by Crippen LogP contribution is -2.43. The van der Waals surface area contributed by atoms with E-state index in [9.17, 15) is 9.59 Å². The first-order valence-corrected chi connectivity index (χ1v) is 5.63. The van der Waals surface area contributed by atoms with Crippen molar-refractivity contribution in [2.75, 3.05) is 6.54 Å². The van der Waals surface area contributed by atoms with Gasteiger partial charge in [0.15, 0.2) is 0 Å². The molecule has 2 aliphatic rings. The van der Waals surface area contributed by atoms with Crippen molar-refractivity contribution in [3.05, 3.63) is 0 Å². The molecule has 2 amide bonds. The minimum Gasteiger partial charge on any atom is -0.282 e. The fraction of sp³-hybridized carbons (Fsp3) is 0.818. The van der Waals surface area contributed by atoms with Crippen molar-refractivity contribution < 1.29 is 9.59 Å². The molecule has 0 unspecified atom stereocenters. The molecule has 0 atom stereocenters. The summed E-state index contributed by atoms with van der Waals surface area (Å²) >= 11 is 0. The summed E-state index contributed by atoms with van der Waals surface area (Å²) in [6.07, 6.45) is 6.79. The van der Waals surface area contributed by atoms with Crippen LogP contribution >= 0.6 is 0 Å². The smallest absolute Gasteiger partial charge is 0.232 e. The molecule has 0 N–H and O–H groups in total. The van der Waals surface area contributed by atoms with Crippen LogP contribution < -0.4 is 0 Å². The summed E-state index contributed by atoms with van der Waals surface area (Å²) in [6.45, 7) is 0.661. The highest BCUT2D eigenvalue weighted by Crippen LogP contribution is 2.27. The van der Waals surface area contributed by atoms with Gasteiger partial charge in [0.05, 0.1) is 0 Å². The van der Waals surface area contributed by atoms with Gasteiger partial charge in [-0.3, -0.25) is 14.5 Å². The van der Waals surface area contributed by atoms with Gasteiger partial charge in [-0.15, -0.1) is 0 Å². The van der Waals surface area contributed by atoms with Crippen molar-refractivity contribution >= 4 is 11.8 Å². The molecule has 3 heteroatoms. The molecular formula is C11H17NO2. The molecule has 0 aromatic rings. The standard InChI is InChI=1S/C11H17NO2/c13-10-7-3-4-8-12(10)11(14)9-5-1-2-6-9/h9H,1-8H2. The van der Waals surface area contributed by atoms with Crippen LogP contribution in [0.5, 0.6) is 0 Å². The Morgan fingerprint density at radius 2 is 1.86 bits per heavy atom. The molecule has 0 spiro atoms. The molecule has 2 fully saturated rings. The maximum Gasteiger partial charge on any atom is 0.232 e. The Labute approximate surface area is 84.5 Å². The van der Waals surface area contributed by atoms with Crippen molar-refractivity contribution in [3.63, 3.8) is 0 Å². The second-order valence-electron chi connectivity index (χ2n) is 4.32. The van der Waals surface area contributed by atoms with E-state index in [1.54, 1.807) is 0 Å². The number of hydrogen-bond donors (Lipinski definition) is 0. The Kier molecular flexibility index (Phi) is 2.85. The summed E-state index contributed by atoms with van der Waals surface area (Å²) < 4.78 is 0. The molecule has 3 nitrogen and oxygen atoms in total. The number of carbonyl (C=O) groups excluding carboxylic acids is 2. The zero-order valence-electron chi connectivity index (χ0n) is 8.50. The van der Waals surface area contributed by atoms with Crippen LogP contribution in [0.15, 0.2) is 0 Å². The van der Waals surface area contributed by atoms with Crippen LogP contribution in [0.3, 0.4) is 0 Å². The molecule has 0 aromatic carbocycles. The van der Waals surface area contributed by atoms with E-state index in [1.807, 2.05) is 0 Å². The zero-order valence-corrected chi connectivity index (χ0v) is 8.50.